The standard InChI is InChI=1S/C30H28N2O2/c1-15-7-19(5)21(9-17(15)3)27-13-29(33)23-12-26-24(11-25(23)31-27)30(34)14-28(32-26)22-10-18(4)16(2)8-20(22)6/h7-14H,1-6H3,(H,31,33)(H,32,34). The Balaban J connectivity index is 1.74. The van der Waals surface area contributed by atoms with E-state index in [4.69, 9.17) is 0 Å². The van der Waals surface area contributed by atoms with Crippen molar-refractivity contribution >= 4 is 21.8 Å². The van der Waals surface area contributed by atoms with E-state index in [1.807, 2.05) is 13.8 Å². The maximum Gasteiger partial charge on any atom is 0.190 e. The molecule has 0 radical (unpaired) electrons. The van der Waals surface area contributed by atoms with Crippen LogP contribution < -0.4 is 10.9 Å². The first-order chi connectivity index (χ1) is 16.1. The molecule has 0 aliphatic heterocycles. The van der Waals surface area contributed by atoms with Crippen LogP contribution in [0.5, 0.6) is 0 Å². The van der Waals surface area contributed by atoms with Gasteiger partial charge in [0.15, 0.2) is 10.9 Å². The molecule has 34 heavy (non-hydrogen) atoms. The number of fused-ring (bicyclic) bond motifs is 2. The number of H-pyrrole nitrogens is 2. The summed E-state index contributed by atoms with van der Waals surface area (Å²) in [5, 5.41) is 1.12. The molecule has 2 N–H and O–H groups in total. The Hall–Kier alpha value is -3.92. The van der Waals surface area contributed by atoms with Crippen molar-refractivity contribution in [2.45, 2.75) is 41.5 Å². The van der Waals surface area contributed by atoms with Crippen LogP contribution in [-0.4, -0.2) is 9.97 Å². The molecule has 4 heteroatoms. The molecule has 2 heterocycles. The third-order valence-electron chi connectivity index (χ3n) is 7.04. The molecule has 0 atom stereocenters. The van der Waals surface area contributed by atoms with Crippen molar-refractivity contribution in [2.24, 2.45) is 0 Å². The van der Waals surface area contributed by atoms with E-state index < -0.39 is 0 Å². The van der Waals surface area contributed by atoms with Crippen molar-refractivity contribution in [1.82, 2.24) is 9.97 Å². The zero-order valence-electron chi connectivity index (χ0n) is 20.4. The highest BCUT2D eigenvalue weighted by atomic mass is 16.1. The van der Waals surface area contributed by atoms with Gasteiger partial charge in [-0.15, -0.1) is 0 Å². The summed E-state index contributed by atoms with van der Waals surface area (Å²) in [4.78, 5) is 33.1. The van der Waals surface area contributed by atoms with Crippen molar-refractivity contribution in [1.29, 1.82) is 0 Å². The lowest BCUT2D eigenvalue weighted by Gasteiger charge is -2.13. The second kappa shape index (κ2) is 7.84. The van der Waals surface area contributed by atoms with Gasteiger partial charge >= 0.3 is 0 Å². The quantitative estimate of drug-likeness (QED) is 0.301. The van der Waals surface area contributed by atoms with Crippen molar-refractivity contribution in [3.8, 4) is 22.5 Å². The average Bonchev–Trinajstić information content (AvgIpc) is 2.78. The van der Waals surface area contributed by atoms with Gasteiger partial charge in [-0.2, -0.15) is 0 Å². The van der Waals surface area contributed by atoms with E-state index in [2.05, 4.69) is 61.9 Å². The number of hydrogen-bond donors (Lipinski definition) is 2. The monoisotopic (exact) mass is 448 g/mol. The first kappa shape index (κ1) is 21.9. The lowest BCUT2D eigenvalue weighted by Crippen LogP contribution is -2.08. The first-order valence-electron chi connectivity index (χ1n) is 11.5. The molecule has 0 saturated carbocycles. The predicted molar refractivity (Wildman–Crippen MR) is 142 cm³/mol. The van der Waals surface area contributed by atoms with Gasteiger partial charge < -0.3 is 9.97 Å². The Bertz CT molecular complexity index is 1620. The molecular weight excluding hydrogens is 420 g/mol. The average molecular weight is 449 g/mol. The molecular formula is C30H28N2O2. The van der Waals surface area contributed by atoms with Crippen LogP contribution in [0.2, 0.25) is 0 Å². The fourth-order valence-electron chi connectivity index (χ4n) is 4.79. The van der Waals surface area contributed by atoms with Crippen LogP contribution in [0.4, 0.5) is 0 Å². The van der Waals surface area contributed by atoms with Crippen LogP contribution in [-0.2, 0) is 0 Å². The van der Waals surface area contributed by atoms with Crippen molar-refractivity contribution < 1.29 is 0 Å². The molecule has 3 aromatic carbocycles. The van der Waals surface area contributed by atoms with Crippen LogP contribution in [0.25, 0.3) is 44.3 Å². The Kier molecular flexibility index (Phi) is 5.05. The Morgan fingerprint density at radius 2 is 0.794 bits per heavy atom. The van der Waals surface area contributed by atoms with Gasteiger partial charge in [0.05, 0.1) is 11.0 Å². The summed E-state index contributed by atoms with van der Waals surface area (Å²) in [6.45, 7) is 12.4. The minimum Gasteiger partial charge on any atom is -0.354 e. The van der Waals surface area contributed by atoms with E-state index in [-0.39, 0.29) is 10.9 Å². The van der Waals surface area contributed by atoms with Gasteiger partial charge in [-0.3, -0.25) is 9.59 Å². The summed E-state index contributed by atoms with van der Waals surface area (Å²) < 4.78 is 0. The first-order valence-corrected chi connectivity index (χ1v) is 11.5. The molecule has 0 aliphatic carbocycles. The fourth-order valence-corrected chi connectivity index (χ4v) is 4.79. The van der Waals surface area contributed by atoms with E-state index >= 15 is 0 Å². The molecule has 0 fully saturated rings. The summed E-state index contributed by atoms with van der Waals surface area (Å²) in [6, 6.07) is 15.4. The highest BCUT2D eigenvalue weighted by Crippen LogP contribution is 2.28. The Morgan fingerprint density at radius 3 is 1.18 bits per heavy atom. The highest BCUT2D eigenvalue weighted by Gasteiger charge is 2.13. The molecule has 2 aromatic heterocycles. The van der Waals surface area contributed by atoms with Crippen LogP contribution in [0, 0.1) is 41.5 Å². The topological polar surface area (TPSA) is 65.7 Å². The van der Waals surface area contributed by atoms with E-state index in [0.29, 0.717) is 21.8 Å². The smallest absolute Gasteiger partial charge is 0.190 e. The molecule has 0 aliphatic rings. The van der Waals surface area contributed by atoms with E-state index in [1.54, 1.807) is 24.3 Å². The molecule has 0 saturated heterocycles. The molecule has 0 bridgehead atoms. The predicted octanol–water partition coefficient (Wildman–Crippen LogP) is 6.55. The third-order valence-corrected chi connectivity index (χ3v) is 7.04. The molecule has 0 spiro atoms. The van der Waals surface area contributed by atoms with Crippen LogP contribution in [0.1, 0.15) is 33.4 Å². The van der Waals surface area contributed by atoms with E-state index in [9.17, 15) is 9.59 Å². The number of hydrogen-bond acceptors (Lipinski definition) is 2. The van der Waals surface area contributed by atoms with Gasteiger partial charge in [0.1, 0.15) is 0 Å². The second-order valence-electron chi connectivity index (χ2n) is 9.54. The summed E-state index contributed by atoms with van der Waals surface area (Å²) >= 11 is 0. The minimum absolute atomic E-state index is 0.0723. The normalized spacial score (nSPS) is 11.5. The maximum absolute atomic E-state index is 13.1. The zero-order valence-corrected chi connectivity index (χ0v) is 20.4. The number of aromatic amines is 2. The third kappa shape index (κ3) is 3.56. The van der Waals surface area contributed by atoms with E-state index in [1.165, 1.54) is 22.3 Å². The van der Waals surface area contributed by atoms with Crippen molar-refractivity contribution in [2.75, 3.05) is 0 Å². The number of nitrogens with one attached hydrogen (secondary N) is 2. The van der Waals surface area contributed by atoms with E-state index in [0.717, 1.165) is 33.6 Å². The van der Waals surface area contributed by atoms with Crippen molar-refractivity contribution in [3.05, 3.63) is 102 Å². The Morgan fingerprint density at radius 1 is 0.441 bits per heavy atom. The van der Waals surface area contributed by atoms with Gasteiger partial charge in [0.25, 0.3) is 0 Å². The number of benzene rings is 3. The number of rotatable bonds is 2. The molecule has 5 aromatic rings. The van der Waals surface area contributed by atoms with Crippen LogP contribution >= 0.6 is 0 Å². The lowest BCUT2D eigenvalue weighted by atomic mass is 9.97. The summed E-state index contributed by atoms with van der Waals surface area (Å²) in [5.74, 6) is 0. The number of aryl methyl sites for hydroxylation is 6. The molecule has 5 rings (SSSR count). The van der Waals surface area contributed by atoms with Crippen molar-refractivity contribution in [3.63, 3.8) is 0 Å². The lowest BCUT2D eigenvalue weighted by molar-refractivity contribution is 1.27. The molecule has 170 valence electrons. The van der Waals surface area contributed by atoms with Gasteiger partial charge in [0.2, 0.25) is 0 Å². The largest absolute Gasteiger partial charge is 0.354 e. The number of aromatic nitrogens is 2. The second-order valence-corrected chi connectivity index (χ2v) is 9.54. The summed E-state index contributed by atoms with van der Waals surface area (Å²) in [5.41, 5.74) is 11.7. The molecule has 0 unspecified atom stereocenters. The highest BCUT2D eigenvalue weighted by molar-refractivity contribution is 5.96. The molecule has 0 amide bonds. The molecule has 4 nitrogen and oxygen atoms in total. The Labute approximate surface area is 198 Å². The summed E-state index contributed by atoms with van der Waals surface area (Å²) in [6.07, 6.45) is 0. The maximum atomic E-state index is 13.1. The summed E-state index contributed by atoms with van der Waals surface area (Å²) in [7, 11) is 0. The fraction of sp³-hybridized carbons (Fsp3) is 0.200. The SMILES string of the molecule is Cc1cc(C)c(-c2cc(=O)c3cc4[nH]c(-c5cc(C)c(C)cc5C)cc(=O)c4cc3[nH]2)cc1C. The van der Waals surface area contributed by atoms with Crippen LogP contribution in [0.15, 0.2) is 58.1 Å². The van der Waals surface area contributed by atoms with Crippen LogP contribution in [0.3, 0.4) is 0 Å². The van der Waals surface area contributed by atoms with Gasteiger partial charge in [-0.25, -0.2) is 0 Å². The van der Waals surface area contributed by atoms with Gasteiger partial charge in [0, 0.05) is 45.4 Å². The number of pyridine rings is 2. The van der Waals surface area contributed by atoms with Gasteiger partial charge in [-0.1, -0.05) is 12.1 Å². The zero-order chi connectivity index (χ0) is 24.3. The van der Waals surface area contributed by atoms with Gasteiger partial charge in [-0.05, 0) is 99.2 Å². The minimum atomic E-state index is -0.0723.